The molecule has 0 spiro atoms. The number of rotatable bonds is 4. The summed E-state index contributed by atoms with van der Waals surface area (Å²) < 4.78 is 0. The molecule has 4 N–H and O–H groups in total. The first-order valence-electron chi connectivity index (χ1n) is 11.7. The van der Waals surface area contributed by atoms with E-state index in [9.17, 15) is 34.2 Å². The fourth-order valence-electron chi connectivity index (χ4n) is 6.37. The molecule has 0 heterocycles. The van der Waals surface area contributed by atoms with Crippen molar-refractivity contribution in [3.63, 3.8) is 0 Å². The van der Waals surface area contributed by atoms with Crippen LogP contribution in [0.5, 0.6) is 5.75 Å². The lowest BCUT2D eigenvalue weighted by molar-refractivity contribution is -0.181. The van der Waals surface area contributed by atoms with Crippen LogP contribution in [-0.2, 0) is 32.0 Å². The Labute approximate surface area is 203 Å². The number of fused-ring (bicyclic) bond motifs is 3. The van der Waals surface area contributed by atoms with Crippen molar-refractivity contribution >= 4 is 34.7 Å². The Kier molecular flexibility index (Phi) is 5.88. The molecule has 2 unspecified atom stereocenters. The molecule has 2 saturated carbocycles. The van der Waals surface area contributed by atoms with Crippen molar-refractivity contribution in [3.8, 4) is 5.75 Å². The van der Waals surface area contributed by atoms with Crippen LogP contribution in [0.2, 0.25) is 0 Å². The van der Waals surface area contributed by atoms with E-state index in [0.29, 0.717) is 17.5 Å². The van der Waals surface area contributed by atoms with E-state index in [4.69, 9.17) is 5.73 Å². The van der Waals surface area contributed by atoms with Gasteiger partial charge in [0, 0.05) is 25.7 Å². The zero-order chi connectivity index (χ0) is 26.1. The maximum absolute atomic E-state index is 13.8. The minimum Gasteiger partial charge on any atom is -0.507 e. The number of carbonyl (C=O) groups excluding carboxylic acids is 5. The van der Waals surface area contributed by atoms with Crippen molar-refractivity contribution in [2.75, 3.05) is 33.1 Å². The van der Waals surface area contributed by atoms with Crippen LogP contribution in [0.15, 0.2) is 6.07 Å². The van der Waals surface area contributed by atoms with Gasteiger partial charge in [0.15, 0.2) is 34.7 Å². The van der Waals surface area contributed by atoms with E-state index in [1.165, 1.54) is 4.90 Å². The third-order valence-corrected chi connectivity index (χ3v) is 7.98. The van der Waals surface area contributed by atoms with E-state index in [2.05, 4.69) is 0 Å². The van der Waals surface area contributed by atoms with Crippen LogP contribution in [-0.4, -0.2) is 84.0 Å². The molecule has 0 aromatic heterocycles. The third kappa shape index (κ3) is 3.26. The number of phenolic OH excluding ortho intramolecular Hbond substituents is 1. The Morgan fingerprint density at radius 3 is 2.29 bits per heavy atom. The number of likely N-dealkylation sites (N-methyl/N-ethyl adjacent to an activating group) is 1. The number of aliphatic hydroxyl groups is 1. The first-order valence-corrected chi connectivity index (χ1v) is 11.7. The second-order valence-electron chi connectivity index (χ2n) is 10.3. The highest BCUT2D eigenvalue weighted by Crippen LogP contribution is 2.52. The standard InChI is InChI=1S/C25H31N3O7/c1-6-10-9-14(27(2)3)12-7-11-8-13-18(28(4)5)21(31)17(24(26)34)23(33)25(13,35)22(32)15(11)20(30)16(12)19(10)29/h9,11,13,15,17-18,29,35H,6-8H2,1-5H3,(H2,26,34)/t11-,13-,15?,17?,18-,25-/m0/s1. The second kappa shape index (κ2) is 8.23. The summed E-state index contributed by atoms with van der Waals surface area (Å²) in [5.41, 5.74) is 4.53. The molecular weight excluding hydrogens is 454 g/mol. The summed E-state index contributed by atoms with van der Waals surface area (Å²) in [5, 5.41) is 22.5. The normalized spacial score (nSPS) is 32.3. The van der Waals surface area contributed by atoms with Gasteiger partial charge in [0.25, 0.3) is 0 Å². The quantitative estimate of drug-likeness (QED) is 0.478. The maximum Gasteiger partial charge on any atom is 0.235 e. The van der Waals surface area contributed by atoms with Crippen LogP contribution in [0.25, 0.3) is 0 Å². The number of aromatic hydroxyl groups is 1. The molecule has 10 heteroatoms. The Morgan fingerprint density at radius 2 is 1.77 bits per heavy atom. The molecule has 0 radical (unpaired) electrons. The van der Waals surface area contributed by atoms with Gasteiger partial charge < -0.3 is 20.8 Å². The van der Waals surface area contributed by atoms with Gasteiger partial charge >= 0.3 is 0 Å². The predicted molar refractivity (Wildman–Crippen MR) is 125 cm³/mol. The number of Topliss-reactive ketones (excluding diaryl/α,β-unsaturated/α-hetero) is 4. The number of hydrogen-bond donors (Lipinski definition) is 3. The van der Waals surface area contributed by atoms with Crippen molar-refractivity contribution in [1.82, 2.24) is 4.90 Å². The van der Waals surface area contributed by atoms with E-state index in [0.717, 1.165) is 5.69 Å². The number of ketones is 4. The van der Waals surface area contributed by atoms with Gasteiger partial charge in [-0.05, 0) is 56.5 Å². The fourth-order valence-corrected chi connectivity index (χ4v) is 6.37. The maximum atomic E-state index is 13.8. The number of benzene rings is 1. The van der Waals surface area contributed by atoms with Crippen LogP contribution in [0, 0.1) is 23.7 Å². The molecule has 1 aromatic rings. The number of aryl methyl sites for hydroxylation is 1. The smallest absolute Gasteiger partial charge is 0.235 e. The van der Waals surface area contributed by atoms with Crippen LogP contribution < -0.4 is 10.6 Å². The molecule has 0 bridgehead atoms. The van der Waals surface area contributed by atoms with Gasteiger partial charge in [-0.2, -0.15) is 0 Å². The lowest BCUT2D eigenvalue weighted by atomic mass is 9.52. The van der Waals surface area contributed by atoms with Gasteiger partial charge in [-0.15, -0.1) is 0 Å². The highest BCUT2D eigenvalue weighted by molar-refractivity contribution is 6.32. The van der Waals surface area contributed by atoms with E-state index >= 15 is 0 Å². The summed E-state index contributed by atoms with van der Waals surface area (Å²) in [4.78, 5) is 69.3. The van der Waals surface area contributed by atoms with E-state index in [1.807, 2.05) is 32.0 Å². The van der Waals surface area contributed by atoms with Crippen molar-refractivity contribution in [2.45, 2.75) is 37.8 Å². The minimum atomic E-state index is -2.71. The van der Waals surface area contributed by atoms with Crippen molar-refractivity contribution in [1.29, 1.82) is 0 Å². The number of amides is 1. The number of hydrogen-bond acceptors (Lipinski definition) is 9. The lowest BCUT2D eigenvalue weighted by Gasteiger charge is -2.52. The average Bonchev–Trinajstić information content (AvgIpc) is 2.75. The van der Waals surface area contributed by atoms with Gasteiger partial charge in [-0.1, -0.05) is 6.92 Å². The molecule has 2 fully saturated rings. The summed E-state index contributed by atoms with van der Waals surface area (Å²) in [6.45, 7) is 1.83. The SMILES string of the molecule is CCc1cc(N(C)C)c2c(c1O)C(=O)C1C(=O)[C@]3(O)C(=O)C(C(N)=O)C(=O)[C@@H](N(C)C)[C@@H]3C[C@@H]1C2. The minimum absolute atomic E-state index is 0.0274. The second-order valence-corrected chi connectivity index (χ2v) is 10.3. The molecule has 1 amide bonds. The van der Waals surface area contributed by atoms with Crippen molar-refractivity contribution < 1.29 is 34.2 Å². The molecule has 188 valence electrons. The Balaban J connectivity index is 1.91. The number of nitrogens with zero attached hydrogens (tertiary/aromatic N) is 2. The van der Waals surface area contributed by atoms with Gasteiger partial charge in [-0.25, -0.2) is 0 Å². The first-order chi connectivity index (χ1) is 16.3. The molecule has 3 aliphatic carbocycles. The van der Waals surface area contributed by atoms with Gasteiger partial charge in [0.2, 0.25) is 5.91 Å². The zero-order valence-corrected chi connectivity index (χ0v) is 20.5. The van der Waals surface area contributed by atoms with Gasteiger partial charge in [-0.3, -0.25) is 28.9 Å². The average molecular weight is 486 g/mol. The molecule has 3 aliphatic rings. The number of carbonyl (C=O) groups is 5. The Hall–Kier alpha value is -3.11. The van der Waals surface area contributed by atoms with Crippen molar-refractivity contribution in [2.24, 2.45) is 29.4 Å². The fraction of sp³-hybridized carbons (Fsp3) is 0.560. The van der Waals surface area contributed by atoms with E-state index in [-0.39, 0.29) is 24.2 Å². The number of primary amides is 1. The molecule has 0 saturated heterocycles. The summed E-state index contributed by atoms with van der Waals surface area (Å²) in [5.74, 6) is -10.2. The summed E-state index contributed by atoms with van der Waals surface area (Å²) in [6.07, 6.45) is 0.733. The number of anilines is 1. The molecule has 10 nitrogen and oxygen atoms in total. The lowest BCUT2D eigenvalue weighted by Crippen LogP contribution is -2.74. The highest BCUT2D eigenvalue weighted by Gasteiger charge is 2.69. The molecule has 4 rings (SSSR count). The molecular formula is C25H31N3O7. The van der Waals surface area contributed by atoms with Crippen LogP contribution in [0.3, 0.4) is 0 Å². The zero-order valence-electron chi connectivity index (χ0n) is 20.5. The van der Waals surface area contributed by atoms with Crippen LogP contribution in [0.4, 0.5) is 5.69 Å². The van der Waals surface area contributed by atoms with Crippen LogP contribution in [0.1, 0.15) is 34.8 Å². The molecule has 35 heavy (non-hydrogen) atoms. The monoisotopic (exact) mass is 485 g/mol. The topological polar surface area (TPSA) is 158 Å². The van der Waals surface area contributed by atoms with Crippen molar-refractivity contribution in [3.05, 3.63) is 22.8 Å². The summed E-state index contributed by atoms with van der Waals surface area (Å²) in [6, 6.07) is 0.706. The predicted octanol–water partition coefficient (Wildman–Crippen LogP) is -0.505. The van der Waals surface area contributed by atoms with Gasteiger partial charge in [0.1, 0.15) is 5.75 Å². The highest BCUT2D eigenvalue weighted by atomic mass is 16.3. The third-order valence-electron chi connectivity index (χ3n) is 7.98. The van der Waals surface area contributed by atoms with Gasteiger partial charge in [0.05, 0.1) is 17.5 Å². The van der Waals surface area contributed by atoms with E-state index < -0.39 is 64.4 Å². The summed E-state index contributed by atoms with van der Waals surface area (Å²) >= 11 is 0. The van der Waals surface area contributed by atoms with E-state index in [1.54, 1.807) is 14.1 Å². The Bertz CT molecular complexity index is 1170. The number of phenols is 1. The molecule has 6 atom stereocenters. The molecule has 1 aromatic carbocycles. The summed E-state index contributed by atoms with van der Waals surface area (Å²) in [7, 11) is 6.75. The first kappa shape index (κ1) is 25.0. The number of nitrogens with two attached hydrogens (primary N) is 1. The Morgan fingerprint density at radius 1 is 1.14 bits per heavy atom. The largest absolute Gasteiger partial charge is 0.507 e. The molecule has 0 aliphatic heterocycles. The van der Waals surface area contributed by atoms with Crippen LogP contribution >= 0.6 is 0 Å².